The van der Waals surface area contributed by atoms with Gasteiger partial charge in [-0.1, -0.05) is 19.8 Å². The minimum atomic E-state index is -0.164. The first-order valence-corrected chi connectivity index (χ1v) is 7.59. The number of carbonyl (C=O) groups is 1. The average Bonchev–Trinajstić information content (AvgIpc) is 3.02. The smallest absolute Gasteiger partial charge is 0.270 e. The van der Waals surface area contributed by atoms with Crippen molar-refractivity contribution in [3.8, 4) is 0 Å². The van der Waals surface area contributed by atoms with Gasteiger partial charge in [-0.15, -0.1) is 0 Å². The van der Waals surface area contributed by atoms with E-state index in [9.17, 15) is 4.79 Å². The van der Waals surface area contributed by atoms with Crippen LogP contribution in [-0.4, -0.2) is 22.4 Å². The minimum absolute atomic E-state index is 0.164. The number of anilines is 1. The van der Waals surface area contributed by atoms with Crippen molar-refractivity contribution in [2.24, 2.45) is 0 Å². The predicted molar refractivity (Wildman–Crippen MR) is 84.7 cm³/mol. The quantitative estimate of drug-likeness (QED) is 0.733. The van der Waals surface area contributed by atoms with Crippen molar-refractivity contribution in [3.05, 3.63) is 41.6 Å². The second-order valence-corrected chi connectivity index (χ2v) is 5.11. The van der Waals surface area contributed by atoms with Gasteiger partial charge in [-0.3, -0.25) is 4.79 Å². The molecule has 2 heterocycles. The molecule has 2 rings (SSSR count). The Hall–Kier alpha value is -2.37. The third-order valence-corrected chi connectivity index (χ3v) is 3.15. The van der Waals surface area contributed by atoms with Gasteiger partial charge in [0.25, 0.3) is 5.91 Å². The molecule has 6 heteroatoms. The van der Waals surface area contributed by atoms with Crippen LogP contribution in [0.2, 0.25) is 0 Å². The highest BCUT2D eigenvalue weighted by atomic mass is 16.3. The molecule has 0 aliphatic carbocycles. The van der Waals surface area contributed by atoms with Gasteiger partial charge in [0, 0.05) is 12.2 Å². The summed E-state index contributed by atoms with van der Waals surface area (Å²) in [4.78, 5) is 20.6. The van der Waals surface area contributed by atoms with E-state index in [1.807, 2.05) is 19.1 Å². The fraction of sp³-hybridized carbons (Fsp3) is 0.438. The van der Waals surface area contributed by atoms with Crippen LogP contribution in [0.25, 0.3) is 0 Å². The number of furan rings is 1. The highest BCUT2D eigenvalue weighted by molar-refractivity contribution is 5.92. The molecule has 0 saturated heterocycles. The molecule has 0 aliphatic heterocycles. The van der Waals surface area contributed by atoms with Crippen molar-refractivity contribution in [3.63, 3.8) is 0 Å². The first kappa shape index (κ1) is 16.0. The van der Waals surface area contributed by atoms with E-state index in [0.717, 1.165) is 30.7 Å². The van der Waals surface area contributed by atoms with Crippen molar-refractivity contribution < 1.29 is 9.21 Å². The van der Waals surface area contributed by atoms with Gasteiger partial charge >= 0.3 is 0 Å². The first-order valence-electron chi connectivity index (χ1n) is 7.59. The summed E-state index contributed by atoms with van der Waals surface area (Å²) in [6.45, 7) is 5.12. The number of aromatic nitrogens is 2. The van der Waals surface area contributed by atoms with Gasteiger partial charge in [-0.2, -0.15) is 0 Å². The molecule has 0 radical (unpaired) electrons. The van der Waals surface area contributed by atoms with Crippen LogP contribution >= 0.6 is 0 Å². The van der Waals surface area contributed by atoms with Gasteiger partial charge in [-0.05, 0) is 31.5 Å². The SMILES string of the molecule is CCCCCNC(=O)c1cc(C)nc(NCc2ccco2)n1. The third-order valence-electron chi connectivity index (χ3n) is 3.15. The van der Waals surface area contributed by atoms with Gasteiger partial charge in [-0.25, -0.2) is 9.97 Å². The number of hydrogen-bond acceptors (Lipinski definition) is 5. The summed E-state index contributed by atoms with van der Waals surface area (Å²) in [6.07, 6.45) is 4.83. The van der Waals surface area contributed by atoms with Crippen LogP contribution in [0.1, 0.15) is 48.1 Å². The largest absolute Gasteiger partial charge is 0.467 e. The second-order valence-electron chi connectivity index (χ2n) is 5.11. The third kappa shape index (κ3) is 4.87. The lowest BCUT2D eigenvalue weighted by molar-refractivity contribution is 0.0948. The fourth-order valence-corrected chi connectivity index (χ4v) is 2.01. The molecule has 0 atom stereocenters. The molecule has 0 unspecified atom stereocenters. The number of rotatable bonds is 8. The van der Waals surface area contributed by atoms with Crippen LogP contribution in [0.3, 0.4) is 0 Å². The zero-order chi connectivity index (χ0) is 15.8. The molecule has 1 amide bonds. The van der Waals surface area contributed by atoms with Crippen molar-refractivity contribution in [1.82, 2.24) is 15.3 Å². The highest BCUT2D eigenvalue weighted by Crippen LogP contribution is 2.08. The van der Waals surface area contributed by atoms with E-state index in [4.69, 9.17) is 4.42 Å². The number of nitrogens with zero attached hydrogens (tertiary/aromatic N) is 2. The Bertz CT molecular complexity index is 596. The van der Waals surface area contributed by atoms with Crippen molar-refractivity contribution in [2.75, 3.05) is 11.9 Å². The molecular formula is C16H22N4O2. The molecule has 2 aromatic heterocycles. The lowest BCUT2D eigenvalue weighted by atomic mass is 10.2. The van der Waals surface area contributed by atoms with Gasteiger partial charge in [0.05, 0.1) is 12.8 Å². The van der Waals surface area contributed by atoms with Gasteiger partial charge in [0.15, 0.2) is 0 Å². The average molecular weight is 302 g/mol. The van der Waals surface area contributed by atoms with Crippen molar-refractivity contribution in [2.45, 2.75) is 39.7 Å². The Morgan fingerprint density at radius 2 is 2.18 bits per heavy atom. The van der Waals surface area contributed by atoms with Gasteiger partial charge < -0.3 is 15.1 Å². The number of hydrogen-bond donors (Lipinski definition) is 2. The molecule has 0 saturated carbocycles. The van der Waals surface area contributed by atoms with Crippen LogP contribution in [0, 0.1) is 6.92 Å². The molecule has 0 spiro atoms. The maximum atomic E-state index is 12.1. The Labute approximate surface area is 130 Å². The number of carbonyl (C=O) groups excluding carboxylic acids is 1. The van der Waals surface area contributed by atoms with Crippen molar-refractivity contribution >= 4 is 11.9 Å². The molecule has 2 N–H and O–H groups in total. The van der Waals surface area contributed by atoms with Gasteiger partial charge in [0.2, 0.25) is 5.95 Å². The Balaban J connectivity index is 1.95. The maximum Gasteiger partial charge on any atom is 0.270 e. The molecule has 0 aliphatic rings. The zero-order valence-electron chi connectivity index (χ0n) is 13.1. The standard InChI is InChI=1S/C16H22N4O2/c1-3-4-5-8-17-15(21)14-10-12(2)19-16(20-14)18-11-13-7-6-9-22-13/h6-7,9-10H,3-5,8,11H2,1-2H3,(H,17,21)(H,18,19,20). The van der Waals surface area contributed by atoms with Crippen LogP contribution in [0.4, 0.5) is 5.95 Å². The summed E-state index contributed by atoms with van der Waals surface area (Å²) in [7, 11) is 0. The van der Waals surface area contributed by atoms with E-state index >= 15 is 0 Å². The summed E-state index contributed by atoms with van der Waals surface area (Å²) in [5.41, 5.74) is 1.13. The van der Waals surface area contributed by atoms with E-state index in [1.165, 1.54) is 0 Å². The Kier molecular flexibility index (Phi) is 5.94. The molecule has 22 heavy (non-hydrogen) atoms. The molecule has 2 aromatic rings. The lowest BCUT2D eigenvalue weighted by Crippen LogP contribution is -2.26. The molecule has 0 bridgehead atoms. The summed E-state index contributed by atoms with van der Waals surface area (Å²) in [5.74, 6) is 1.05. The summed E-state index contributed by atoms with van der Waals surface area (Å²) in [5, 5.41) is 5.95. The Morgan fingerprint density at radius 3 is 2.91 bits per heavy atom. The van der Waals surface area contributed by atoms with E-state index < -0.39 is 0 Å². The number of amides is 1. The lowest BCUT2D eigenvalue weighted by Gasteiger charge is -2.08. The monoisotopic (exact) mass is 302 g/mol. The maximum absolute atomic E-state index is 12.1. The molecule has 0 fully saturated rings. The molecule has 6 nitrogen and oxygen atoms in total. The first-order chi connectivity index (χ1) is 10.7. The van der Waals surface area contributed by atoms with E-state index in [0.29, 0.717) is 24.7 Å². The number of unbranched alkanes of at least 4 members (excludes halogenated alkanes) is 2. The summed E-state index contributed by atoms with van der Waals surface area (Å²) < 4.78 is 5.24. The van der Waals surface area contributed by atoms with Crippen molar-refractivity contribution in [1.29, 1.82) is 0 Å². The summed E-state index contributed by atoms with van der Waals surface area (Å²) >= 11 is 0. The van der Waals surface area contributed by atoms with Crippen LogP contribution in [0.15, 0.2) is 28.9 Å². The topological polar surface area (TPSA) is 80.0 Å². The predicted octanol–water partition coefficient (Wildman–Crippen LogP) is 2.91. The van der Waals surface area contributed by atoms with Crippen LogP contribution in [0.5, 0.6) is 0 Å². The highest BCUT2D eigenvalue weighted by Gasteiger charge is 2.10. The van der Waals surface area contributed by atoms with E-state index in [2.05, 4.69) is 27.5 Å². The van der Waals surface area contributed by atoms with Gasteiger partial charge in [0.1, 0.15) is 11.5 Å². The fourth-order valence-electron chi connectivity index (χ4n) is 2.01. The van der Waals surface area contributed by atoms with Crippen LogP contribution < -0.4 is 10.6 Å². The van der Waals surface area contributed by atoms with Crippen LogP contribution in [-0.2, 0) is 6.54 Å². The number of nitrogens with one attached hydrogen (secondary N) is 2. The number of aryl methyl sites for hydroxylation is 1. The van der Waals surface area contributed by atoms with E-state index in [-0.39, 0.29) is 5.91 Å². The molecule has 0 aromatic carbocycles. The minimum Gasteiger partial charge on any atom is -0.467 e. The Morgan fingerprint density at radius 1 is 1.32 bits per heavy atom. The second kappa shape index (κ2) is 8.17. The molecular weight excluding hydrogens is 280 g/mol. The zero-order valence-corrected chi connectivity index (χ0v) is 13.1. The van der Waals surface area contributed by atoms with E-state index in [1.54, 1.807) is 12.3 Å². The normalized spacial score (nSPS) is 10.5. The summed E-state index contributed by atoms with van der Waals surface area (Å²) in [6, 6.07) is 5.38. The molecule has 118 valence electrons.